The van der Waals surface area contributed by atoms with E-state index < -0.39 is 12.1 Å². The lowest BCUT2D eigenvalue weighted by atomic mass is 10.0. The number of hydrogen-bond acceptors (Lipinski definition) is 2. The molecular formula is C16H20F4N2O. The summed E-state index contributed by atoms with van der Waals surface area (Å²) in [4.78, 5) is 13.3. The SMILES string of the molecule is O=C(NCC1=C(F)CC(N2CC[C@H](C(F)(F)F)C2)C=C1)C1CC1. The molecule has 0 aromatic rings. The third kappa shape index (κ3) is 3.94. The number of nitrogens with zero attached hydrogens (tertiary/aromatic N) is 1. The molecule has 0 spiro atoms. The highest BCUT2D eigenvalue weighted by molar-refractivity contribution is 5.81. The number of rotatable bonds is 4. The van der Waals surface area contributed by atoms with Crippen molar-refractivity contribution in [3.05, 3.63) is 23.6 Å². The van der Waals surface area contributed by atoms with Crippen molar-refractivity contribution < 1.29 is 22.4 Å². The number of carbonyl (C=O) groups excluding carboxylic acids is 1. The summed E-state index contributed by atoms with van der Waals surface area (Å²) in [5.74, 6) is -1.64. The highest BCUT2D eigenvalue weighted by Gasteiger charge is 2.44. The first kappa shape index (κ1) is 16.5. The zero-order chi connectivity index (χ0) is 16.6. The van der Waals surface area contributed by atoms with Crippen molar-refractivity contribution in [1.29, 1.82) is 0 Å². The molecule has 1 unspecified atom stereocenters. The van der Waals surface area contributed by atoms with E-state index >= 15 is 0 Å². The predicted molar refractivity (Wildman–Crippen MR) is 77.1 cm³/mol. The molecule has 3 nitrogen and oxygen atoms in total. The van der Waals surface area contributed by atoms with Gasteiger partial charge in [0.1, 0.15) is 5.83 Å². The molecule has 23 heavy (non-hydrogen) atoms. The third-order valence-corrected chi connectivity index (χ3v) is 4.81. The summed E-state index contributed by atoms with van der Waals surface area (Å²) in [6.07, 6.45) is 1.10. The van der Waals surface area contributed by atoms with Crippen LogP contribution < -0.4 is 5.32 Å². The average molecular weight is 332 g/mol. The van der Waals surface area contributed by atoms with E-state index in [2.05, 4.69) is 5.32 Å². The standard InChI is InChI=1S/C16H20F4N2O/c17-14-7-13(22-6-5-12(9-22)16(18,19)20)4-3-11(14)8-21-15(23)10-1-2-10/h3-4,10,12-13H,1-2,5-9H2,(H,21,23)/t12-,13?/m0/s1. The Morgan fingerprint density at radius 2 is 2.04 bits per heavy atom. The molecule has 3 aliphatic rings. The fourth-order valence-corrected chi connectivity index (χ4v) is 3.13. The van der Waals surface area contributed by atoms with Crippen LogP contribution in [0.5, 0.6) is 0 Å². The Kier molecular flexibility index (Phi) is 4.49. The van der Waals surface area contributed by atoms with Gasteiger partial charge < -0.3 is 5.32 Å². The molecule has 1 N–H and O–H groups in total. The predicted octanol–water partition coefficient (Wildman–Crippen LogP) is 2.95. The number of nitrogens with one attached hydrogen (secondary N) is 1. The summed E-state index contributed by atoms with van der Waals surface area (Å²) in [7, 11) is 0. The number of likely N-dealkylation sites (tertiary alicyclic amines) is 1. The Bertz CT molecular complexity index is 537. The number of alkyl halides is 3. The zero-order valence-corrected chi connectivity index (χ0v) is 12.7. The van der Waals surface area contributed by atoms with Crippen LogP contribution in [0.1, 0.15) is 25.7 Å². The summed E-state index contributed by atoms with van der Waals surface area (Å²) < 4.78 is 52.3. The second kappa shape index (κ2) is 6.26. The molecule has 1 heterocycles. The van der Waals surface area contributed by atoms with Crippen LogP contribution in [-0.2, 0) is 4.79 Å². The van der Waals surface area contributed by atoms with E-state index in [-0.39, 0.29) is 49.6 Å². The van der Waals surface area contributed by atoms with Crippen molar-refractivity contribution in [2.24, 2.45) is 11.8 Å². The van der Waals surface area contributed by atoms with Crippen LogP contribution >= 0.6 is 0 Å². The summed E-state index contributed by atoms with van der Waals surface area (Å²) >= 11 is 0. The lowest BCUT2D eigenvalue weighted by Crippen LogP contribution is -2.36. The molecule has 0 aromatic heterocycles. The van der Waals surface area contributed by atoms with E-state index in [1.807, 2.05) is 0 Å². The van der Waals surface area contributed by atoms with Gasteiger partial charge >= 0.3 is 6.18 Å². The van der Waals surface area contributed by atoms with E-state index in [9.17, 15) is 22.4 Å². The first-order valence-electron chi connectivity index (χ1n) is 7.99. The summed E-state index contributed by atoms with van der Waals surface area (Å²) in [5, 5.41) is 2.71. The first-order valence-corrected chi connectivity index (χ1v) is 7.99. The molecule has 1 amide bonds. The molecule has 1 saturated heterocycles. The van der Waals surface area contributed by atoms with Gasteiger partial charge in [0.05, 0.1) is 5.92 Å². The van der Waals surface area contributed by atoms with Crippen LogP contribution in [0.4, 0.5) is 17.6 Å². The molecule has 0 bridgehead atoms. The van der Waals surface area contributed by atoms with Gasteiger partial charge in [-0.2, -0.15) is 13.2 Å². The van der Waals surface area contributed by atoms with Crippen LogP contribution in [0.15, 0.2) is 23.6 Å². The van der Waals surface area contributed by atoms with Crippen molar-refractivity contribution in [1.82, 2.24) is 10.2 Å². The Morgan fingerprint density at radius 1 is 1.30 bits per heavy atom. The Morgan fingerprint density at radius 3 is 2.61 bits per heavy atom. The molecule has 0 radical (unpaired) electrons. The van der Waals surface area contributed by atoms with Crippen molar-refractivity contribution in [2.45, 2.75) is 37.9 Å². The van der Waals surface area contributed by atoms with E-state index in [0.717, 1.165) is 12.8 Å². The van der Waals surface area contributed by atoms with Gasteiger partial charge in [0, 0.05) is 37.0 Å². The van der Waals surface area contributed by atoms with Crippen LogP contribution in [-0.4, -0.2) is 42.7 Å². The minimum atomic E-state index is -4.18. The molecule has 1 aliphatic heterocycles. The molecule has 128 valence electrons. The van der Waals surface area contributed by atoms with Crippen molar-refractivity contribution in [3.63, 3.8) is 0 Å². The largest absolute Gasteiger partial charge is 0.393 e. The van der Waals surface area contributed by atoms with Crippen molar-refractivity contribution in [3.8, 4) is 0 Å². The maximum absolute atomic E-state index is 14.2. The van der Waals surface area contributed by atoms with Gasteiger partial charge in [0.25, 0.3) is 0 Å². The van der Waals surface area contributed by atoms with Gasteiger partial charge in [-0.25, -0.2) is 4.39 Å². The normalized spacial score (nSPS) is 29.2. The quantitative estimate of drug-likeness (QED) is 0.803. The Labute approximate surface area is 132 Å². The second-order valence-electron chi connectivity index (χ2n) is 6.57. The Balaban J connectivity index is 1.52. The monoisotopic (exact) mass is 332 g/mol. The van der Waals surface area contributed by atoms with E-state index in [1.54, 1.807) is 17.1 Å². The smallest absolute Gasteiger partial charge is 0.352 e. The van der Waals surface area contributed by atoms with Gasteiger partial charge in [-0.15, -0.1) is 0 Å². The lowest BCUT2D eigenvalue weighted by Gasteiger charge is -2.28. The van der Waals surface area contributed by atoms with Gasteiger partial charge in [-0.05, 0) is 25.8 Å². The summed E-state index contributed by atoms with van der Waals surface area (Å²) in [6, 6.07) is -0.328. The topological polar surface area (TPSA) is 32.3 Å². The van der Waals surface area contributed by atoms with Crippen molar-refractivity contribution in [2.75, 3.05) is 19.6 Å². The lowest BCUT2D eigenvalue weighted by molar-refractivity contribution is -0.170. The molecule has 1 saturated carbocycles. The van der Waals surface area contributed by atoms with Gasteiger partial charge in [-0.1, -0.05) is 12.2 Å². The van der Waals surface area contributed by atoms with Crippen LogP contribution in [0, 0.1) is 11.8 Å². The molecule has 2 fully saturated rings. The maximum Gasteiger partial charge on any atom is 0.393 e. The van der Waals surface area contributed by atoms with Gasteiger partial charge in [0.15, 0.2) is 0 Å². The molecule has 2 aliphatic carbocycles. The highest BCUT2D eigenvalue weighted by Crippen LogP contribution is 2.36. The maximum atomic E-state index is 14.2. The minimum Gasteiger partial charge on any atom is -0.352 e. The fraction of sp³-hybridized carbons (Fsp3) is 0.688. The van der Waals surface area contributed by atoms with Crippen LogP contribution in [0.2, 0.25) is 0 Å². The van der Waals surface area contributed by atoms with Gasteiger partial charge in [0.2, 0.25) is 5.91 Å². The number of amides is 1. The van der Waals surface area contributed by atoms with Crippen molar-refractivity contribution >= 4 is 5.91 Å². The van der Waals surface area contributed by atoms with Gasteiger partial charge in [-0.3, -0.25) is 9.69 Å². The number of hydrogen-bond donors (Lipinski definition) is 1. The third-order valence-electron chi connectivity index (χ3n) is 4.81. The fourth-order valence-electron chi connectivity index (χ4n) is 3.13. The molecule has 2 atom stereocenters. The Hall–Kier alpha value is -1.37. The molecular weight excluding hydrogens is 312 g/mol. The van der Waals surface area contributed by atoms with E-state index in [1.165, 1.54) is 0 Å². The average Bonchev–Trinajstić information content (AvgIpc) is 3.21. The number of carbonyl (C=O) groups is 1. The molecule has 7 heteroatoms. The zero-order valence-electron chi connectivity index (χ0n) is 12.7. The first-order chi connectivity index (χ1) is 10.8. The minimum absolute atomic E-state index is 0.0478. The summed E-state index contributed by atoms with van der Waals surface area (Å²) in [6.45, 7) is 0.412. The van der Waals surface area contributed by atoms with E-state index in [4.69, 9.17) is 0 Å². The second-order valence-corrected chi connectivity index (χ2v) is 6.57. The van der Waals surface area contributed by atoms with E-state index in [0.29, 0.717) is 12.1 Å². The molecule has 3 rings (SSSR count). The molecule has 0 aromatic carbocycles. The van der Waals surface area contributed by atoms with Crippen LogP contribution in [0.25, 0.3) is 0 Å². The summed E-state index contributed by atoms with van der Waals surface area (Å²) in [5.41, 5.74) is 0.418. The highest BCUT2D eigenvalue weighted by atomic mass is 19.4. The number of halogens is 4. The van der Waals surface area contributed by atoms with Crippen LogP contribution in [0.3, 0.4) is 0 Å².